The lowest BCUT2D eigenvalue weighted by Crippen LogP contribution is -2.35. The van der Waals surface area contributed by atoms with Crippen LogP contribution in [0.5, 0.6) is 0 Å². The number of hydrogen-bond donors (Lipinski definition) is 1. The van der Waals surface area contributed by atoms with Crippen molar-refractivity contribution in [2.24, 2.45) is 5.92 Å². The van der Waals surface area contributed by atoms with E-state index in [-0.39, 0.29) is 0 Å². The molecule has 2 nitrogen and oxygen atoms in total. The minimum atomic E-state index is 0.408. The van der Waals surface area contributed by atoms with Gasteiger partial charge in [-0.2, -0.15) is 0 Å². The Labute approximate surface area is 111 Å². The molecule has 0 aliphatic heterocycles. The Morgan fingerprint density at radius 1 is 1.28 bits per heavy atom. The van der Waals surface area contributed by atoms with E-state index in [1.54, 1.807) is 0 Å². The summed E-state index contributed by atoms with van der Waals surface area (Å²) in [5, 5.41) is 3.77. The predicted molar refractivity (Wildman–Crippen MR) is 75.8 cm³/mol. The highest BCUT2D eigenvalue weighted by molar-refractivity contribution is 5.23. The smallest absolute Gasteiger partial charge is 0.105 e. The first kappa shape index (κ1) is 13.7. The monoisotopic (exact) mass is 249 g/mol. The topological polar surface area (TPSA) is 25.2 Å². The van der Waals surface area contributed by atoms with Crippen molar-refractivity contribution in [3.8, 4) is 0 Å². The van der Waals surface area contributed by atoms with Crippen LogP contribution >= 0.6 is 0 Å². The zero-order valence-corrected chi connectivity index (χ0v) is 12.3. The van der Waals surface area contributed by atoms with Gasteiger partial charge in [0.2, 0.25) is 0 Å². The molecule has 1 heterocycles. The summed E-state index contributed by atoms with van der Waals surface area (Å²) >= 11 is 0. The predicted octanol–water partition coefficient (Wildman–Crippen LogP) is 4.52. The van der Waals surface area contributed by atoms with Crippen molar-refractivity contribution in [2.75, 3.05) is 0 Å². The van der Waals surface area contributed by atoms with Crippen molar-refractivity contribution in [1.29, 1.82) is 0 Å². The van der Waals surface area contributed by atoms with Crippen LogP contribution in [0.3, 0.4) is 0 Å². The van der Waals surface area contributed by atoms with E-state index in [2.05, 4.69) is 32.2 Å². The summed E-state index contributed by atoms with van der Waals surface area (Å²) in [6.07, 6.45) is 6.80. The summed E-state index contributed by atoms with van der Waals surface area (Å²) in [4.78, 5) is 0. The molecular formula is C16H27NO. The van der Waals surface area contributed by atoms with Crippen molar-refractivity contribution in [2.45, 2.75) is 71.9 Å². The minimum Gasteiger partial charge on any atom is -0.466 e. The van der Waals surface area contributed by atoms with Gasteiger partial charge >= 0.3 is 0 Å². The van der Waals surface area contributed by atoms with E-state index in [1.807, 2.05) is 6.92 Å². The molecule has 0 amide bonds. The average Bonchev–Trinajstić information content (AvgIpc) is 2.69. The van der Waals surface area contributed by atoms with E-state index in [9.17, 15) is 0 Å². The van der Waals surface area contributed by atoms with Gasteiger partial charge in [0.15, 0.2) is 0 Å². The normalized spacial score (nSPS) is 26.2. The zero-order valence-electron chi connectivity index (χ0n) is 12.3. The molecule has 18 heavy (non-hydrogen) atoms. The highest BCUT2D eigenvalue weighted by atomic mass is 16.3. The Hall–Kier alpha value is -0.760. The second kappa shape index (κ2) is 5.92. The molecule has 1 aliphatic rings. The van der Waals surface area contributed by atoms with Crippen molar-refractivity contribution in [3.63, 3.8) is 0 Å². The minimum absolute atomic E-state index is 0.408. The first-order valence-electron chi connectivity index (χ1n) is 7.43. The van der Waals surface area contributed by atoms with E-state index in [4.69, 9.17) is 4.42 Å². The summed E-state index contributed by atoms with van der Waals surface area (Å²) < 4.78 is 5.62. The standard InChI is InChI=1S/C16H27NO/c1-5-14-6-8-15(9-7-14)17-12(3)16-10-11(2)18-13(16)4/h10,12,14-15,17H,5-9H2,1-4H3. The van der Waals surface area contributed by atoms with Crippen molar-refractivity contribution < 1.29 is 4.42 Å². The van der Waals surface area contributed by atoms with E-state index in [1.165, 1.54) is 37.7 Å². The fourth-order valence-electron chi connectivity index (χ4n) is 3.26. The van der Waals surface area contributed by atoms with Gasteiger partial charge in [0, 0.05) is 17.6 Å². The van der Waals surface area contributed by atoms with Crippen LogP contribution in [-0.2, 0) is 0 Å². The summed E-state index contributed by atoms with van der Waals surface area (Å²) in [5.74, 6) is 3.05. The Balaban J connectivity index is 1.88. The van der Waals surface area contributed by atoms with Gasteiger partial charge < -0.3 is 9.73 Å². The number of furan rings is 1. The fourth-order valence-corrected chi connectivity index (χ4v) is 3.26. The third-order valence-corrected chi connectivity index (χ3v) is 4.46. The molecule has 0 aromatic carbocycles. The largest absolute Gasteiger partial charge is 0.466 e. The van der Waals surface area contributed by atoms with Gasteiger partial charge in [0.25, 0.3) is 0 Å². The molecule has 1 aromatic heterocycles. The Bertz CT molecular complexity index is 374. The first-order chi connectivity index (χ1) is 8.60. The van der Waals surface area contributed by atoms with E-state index < -0.39 is 0 Å². The summed E-state index contributed by atoms with van der Waals surface area (Å²) in [6, 6.07) is 3.27. The second-order valence-electron chi connectivity index (χ2n) is 5.88. The molecule has 1 aromatic rings. The maximum Gasteiger partial charge on any atom is 0.105 e. The third-order valence-electron chi connectivity index (χ3n) is 4.46. The molecule has 102 valence electrons. The highest BCUT2D eigenvalue weighted by Gasteiger charge is 2.22. The fraction of sp³-hybridized carbons (Fsp3) is 0.750. The van der Waals surface area contributed by atoms with Crippen molar-refractivity contribution in [3.05, 3.63) is 23.2 Å². The Morgan fingerprint density at radius 3 is 2.44 bits per heavy atom. The third kappa shape index (κ3) is 3.17. The van der Waals surface area contributed by atoms with Crippen LogP contribution in [0.25, 0.3) is 0 Å². The molecule has 1 fully saturated rings. The van der Waals surface area contributed by atoms with E-state index in [0.29, 0.717) is 12.1 Å². The molecule has 1 unspecified atom stereocenters. The highest BCUT2D eigenvalue weighted by Crippen LogP contribution is 2.29. The van der Waals surface area contributed by atoms with Gasteiger partial charge in [-0.1, -0.05) is 13.3 Å². The summed E-state index contributed by atoms with van der Waals surface area (Å²) in [7, 11) is 0. The average molecular weight is 249 g/mol. The van der Waals surface area contributed by atoms with Crippen LogP contribution in [0.15, 0.2) is 10.5 Å². The number of hydrogen-bond acceptors (Lipinski definition) is 2. The molecule has 0 bridgehead atoms. The maximum absolute atomic E-state index is 5.62. The van der Waals surface area contributed by atoms with E-state index >= 15 is 0 Å². The van der Waals surface area contributed by atoms with Crippen LogP contribution in [0.2, 0.25) is 0 Å². The molecule has 2 heteroatoms. The molecule has 0 radical (unpaired) electrons. The van der Waals surface area contributed by atoms with Crippen LogP contribution < -0.4 is 5.32 Å². The van der Waals surface area contributed by atoms with E-state index in [0.717, 1.165) is 17.4 Å². The van der Waals surface area contributed by atoms with Gasteiger partial charge in [-0.3, -0.25) is 0 Å². The SMILES string of the molecule is CCC1CCC(NC(C)c2cc(C)oc2C)CC1. The maximum atomic E-state index is 5.62. The van der Waals surface area contributed by atoms with Crippen molar-refractivity contribution >= 4 is 0 Å². The summed E-state index contributed by atoms with van der Waals surface area (Å²) in [5.41, 5.74) is 1.32. The Kier molecular flexibility index (Phi) is 4.50. The van der Waals surface area contributed by atoms with Crippen LogP contribution in [-0.4, -0.2) is 6.04 Å². The molecule has 2 rings (SSSR count). The number of rotatable bonds is 4. The lowest BCUT2D eigenvalue weighted by atomic mass is 9.84. The quantitative estimate of drug-likeness (QED) is 0.849. The van der Waals surface area contributed by atoms with Crippen molar-refractivity contribution in [1.82, 2.24) is 5.32 Å². The zero-order chi connectivity index (χ0) is 13.1. The van der Waals surface area contributed by atoms with Crippen LogP contribution in [0.1, 0.15) is 69.1 Å². The molecule has 1 atom stereocenters. The van der Waals surface area contributed by atoms with Crippen LogP contribution in [0, 0.1) is 19.8 Å². The lowest BCUT2D eigenvalue weighted by Gasteiger charge is -2.30. The summed E-state index contributed by atoms with van der Waals surface area (Å²) in [6.45, 7) is 8.66. The van der Waals surface area contributed by atoms with Gasteiger partial charge in [-0.15, -0.1) is 0 Å². The first-order valence-corrected chi connectivity index (χ1v) is 7.43. The number of aryl methyl sites for hydroxylation is 2. The molecule has 1 saturated carbocycles. The second-order valence-corrected chi connectivity index (χ2v) is 5.88. The molecular weight excluding hydrogens is 222 g/mol. The van der Waals surface area contributed by atoms with Gasteiger partial charge in [0.1, 0.15) is 11.5 Å². The van der Waals surface area contributed by atoms with Gasteiger partial charge in [-0.05, 0) is 58.4 Å². The molecule has 0 spiro atoms. The lowest BCUT2D eigenvalue weighted by molar-refractivity contribution is 0.272. The van der Waals surface area contributed by atoms with Gasteiger partial charge in [0.05, 0.1) is 0 Å². The molecule has 1 aliphatic carbocycles. The number of nitrogens with one attached hydrogen (secondary N) is 1. The molecule has 1 N–H and O–H groups in total. The van der Waals surface area contributed by atoms with Gasteiger partial charge in [-0.25, -0.2) is 0 Å². The Morgan fingerprint density at radius 2 is 1.94 bits per heavy atom. The molecule has 0 saturated heterocycles. The van der Waals surface area contributed by atoms with Crippen LogP contribution in [0.4, 0.5) is 0 Å².